The fourth-order valence-corrected chi connectivity index (χ4v) is 1.73. The highest BCUT2D eigenvalue weighted by atomic mass is 35.5. The first-order valence-corrected chi connectivity index (χ1v) is 5.32. The fraction of sp³-hybridized carbons (Fsp3) is 0.600. The van der Waals surface area contributed by atoms with Crippen LogP contribution in [0.4, 0.5) is 5.82 Å². The first-order chi connectivity index (χ1) is 7.68. The van der Waals surface area contributed by atoms with E-state index < -0.39 is 0 Å². The van der Waals surface area contributed by atoms with Crippen LogP contribution in [0.15, 0.2) is 12.3 Å². The Hall–Kier alpha value is -1.11. The minimum Gasteiger partial charge on any atom is -0.375 e. The van der Waals surface area contributed by atoms with Gasteiger partial charge in [0.15, 0.2) is 0 Å². The molecular formula is C10H17ClN4O2. The van der Waals surface area contributed by atoms with Gasteiger partial charge >= 0.3 is 0 Å². The maximum atomic E-state index is 11.9. The van der Waals surface area contributed by atoms with Crippen LogP contribution in [0, 0.1) is 0 Å². The molecule has 1 saturated heterocycles. The van der Waals surface area contributed by atoms with Gasteiger partial charge in [0.2, 0.25) is 5.91 Å². The van der Waals surface area contributed by atoms with E-state index in [1.807, 2.05) is 6.92 Å². The van der Waals surface area contributed by atoms with Gasteiger partial charge in [0, 0.05) is 19.7 Å². The molecular weight excluding hydrogens is 244 g/mol. The second-order valence-electron chi connectivity index (χ2n) is 3.84. The summed E-state index contributed by atoms with van der Waals surface area (Å²) in [5, 5.41) is 9.93. The van der Waals surface area contributed by atoms with Gasteiger partial charge in [-0.05, 0) is 6.92 Å². The molecule has 1 aromatic rings. The average molecular weight is 261 g/mol. The molecule has 2 heterocycles. The number of hydrogen-bond donors (Lipinski definition) is 2. The molecule has 1 aromatic heterocycles. The number of hydrogen-bond acceptors (Lipinski definition) is 4. The number of amides is 1. The van der Waals surface area contributed by atoms with Gasteiger partial charge in [-0.15, -0.1) is 12.4 Å². The lowest BCUT2D eigenvalue weighted by molar-refractivity contribution is -0.123. The maximum Gasteiger partial charge on any atom is 0.245 e. The number of carbonyl (C=O) groups excluding carboxylic acids is 1. The number of carbonyl (C=O) groups is 1. The predicted molar refractivity (Wildman–Crippen MR) is 66.3 cm³/mol. The van der Waals surface area contributed by atoms with Crippen molar-refractivity contribution in [1.82, 2.24) is 15.1 Å². The highest BCUT2D eigenvalue weighted by molar-refractivity contribution is 5.94. The third kappa shape index (κ3) is 3.18. The Balaban J connectivity index is 0.00000144. The van der Waals surface area contributed by atoms with E-state index in [-0.39, 0.29) is 30.5 Å². The summed E-state index contributed by atoms with van der Waals surface area (Å²) in [6.07, 6.45) is 1.53. The van der Waals surface area contributed by atoms with E-state index in [0.29, 0.717) is 19.0 Å². The smallest absolute Gasteiger partial charge is 0.245 e. The van der Waals surface area contributed by atoms with Crippen molar-refractivity contribution in [2.24, 2.45) is 7.05 Å². The van der Waals surface area contributed by atoms with Crippen molar-refractivity contribution in [1.29, 1.82) is 0 Å². The lowest BCUT2D eigenvalue weighted by atomic mass is 10.1. The number of ether oxygens (including phenoxy) is 1. The quantitative estimate of drug-likeness (QED) is 0.795. The Morgan fingerprint density at radius 3 is 3.06 bits per heavy atom. The number of nitrogens with zero attached hydrogens (tertiary/aromatic N) is 2. The molecule has 0 radical (unpaired) electrons. The van der Waals surface area contributed by atoms with Crippen molar-refractivity contribution in [2.75, 3.05) is 18.5 Å². The predicted octanol–water partition coefficient (Wildman–Crippen LogP) is 0.157. The summed E-state index contributed by atoms with van der Waals surface area (Å²) in [5.74, 6) is 0.598. The second-order valence-corrected chi connectivity index (χ2v) is 3.84. The topological polar surface area (TPSA) is 68.2 Å². The van der Waals surface area contributed by atoms with Crippen molar-refractivity contribution in [3.63, 3.8) is 0 Å². The molecule has 96 valence electrons. The number of rotatable bonds is 2. The van der Waals surface area contributed by atoms with Gasteiger partial charge < -0.3 is 15.4 Å². The van der Waals surface area contributed by atoms with Crippen molar-refractivity contribution >= 4 is 24.1 Å². The monoisotopic (exact) mass is 260 g/mol. The molecule has 0 spiro atoms. The van der Waals surface area contributed by atoms with Crippen LogP contribution in [-0.2, 0) is 16.6 Å². The van der Waals surface area contributed by atoms with E-state index >= 15 is 0 Å². The van der Waals surface area contributed by atoms with Gasteiger partial charge in [-0.2, -0.15) is 5.10 Å². The highest BCUT2D eigenvalue weighted by Gasteiger charge is 2.28. The maximum absolute atomic E-state index is 11.9. The van der Waals surface area contributed by atoms with Crippen LogP contribution in [0.3, 0.4) is 0 Å². The Bertz CT molecular complexity index is 382. The van der Waals surface area contributed by atoms with Crippen LogP contribution in [-0.4, -0.2) is 41.0 Å². The molecule has 0 unspecified atom stereocenters. The van der Waals surface area contributed by atoms with E-state index in [1.54, 1.807) is 24.0 Å². The van der Waals surface area contributed by atoms with E-state index in [2.05, 4.69) is 15.7 Å². The summed E-state index contributed by atoms with van der Waals surface area (Å²) in [6.45, 7) is 3.24. The Morgan fingerprint density at radius 1 is 1.71 bits per heavy atom. The van der Waals surface area contributed by atoms with Crippen LogP contribution in [0.2, 0.25) is 0 Å². The Labute approximate surface area is 106 Å². The molecule has 1 amide bonds. The SMILES string of the molecule is C[C@H]1OCCN[C@@H]1C(=O)Nc1ccnn1C.Cl. The molecule has 0 bridgehead atoms. The molecule has 6 nitrogen and oxygen atoms in total. The van der Waals surface area contributed by atoms with Crippen LogP contribution in [0.25, 0.3) is 0 Å². The van der Waals surface area contributed by atoms with Crippen LogP contribution in [0.1, 0.15) is 6.92 Å². The molecule has 1 aliphatic rings. The zero-order chi connectivity index (χ0) is 11.5. The van der Waals surface area contributed by atoms with E-state index in [4.69, 9.17) is 4.74 Å². The molecule has 1 fully saturated rings. The summed E-state index contributed by atoms with van der Waals surface area (Å²) in [7, 11) is 1.78. The van der Waals surface area contributed by atoms with Gasteiger partial charge in [-0.1, -0.05) is 0 Å². The fourth-order valence-electron chi connectivity index (χ4n) is 1.73. The first kappa shape index (κ1) is 14.0. The summed E-state index contributed by atoms with van der Waals surface area (Å²) in [6, 6.07) is 1.45. The second kappa shape index (κ2) is 6.00. The number of morpholine rings is 1. The van der Waals surface area contributed by atoms with E-state index in [0.717, 1.165) is 0 Å². The molecule has 0 saturated carbocycles. The Morgan fingerprint density at radius 2 is 2.47 bits per heavy atom. The third-order valence-corrected chi connectivity index (χ3v) is 2.67. The minimum absolute atomic E-state index is 0. The van der Waals surface area contributed by atoms with Crippen molar-refractivity contribution in [3.05, 3.63) is 12.3 Å². The van der Waals surface area contributed by atoms with Crippen molar-refractivity contribution in [2.45, 2.75) is 19.1 Å². The third-order valence-electron chi connectivity index (χ3n) is 2.67. The lowest BCUT2D eigenvalue weighted by Gasteiger charge is -2.29. The first-order valence-electron chi connectivity index (χ1n) is 5.32. The van der Waals surface area contributed by atoms with Crippen molar-refractivity contribution < 1.29 is 9.53 Å². The summed E-state index contributed by atoms with van der Waals surface area (Å²) in [5.41, 5.74) is 0. The molecule has 2 atom stereocenters. The largest absolute Gasteiger partial charge is 0.375 e. The molecule has 0 aromatic carbocycles. The number of anilines is 1. The summed E-state index contributed by atoms with van der Waals surface area (Å²) in [4.78, 5) is 11.9. The van der Waals surface area contributed by atoms with Crippen LogP contribution < -0.4 is 10.6 Å². The van der Waals surface area contributed by atoms with Gasteiger partial charge in [0.1, 0.15) is 11.9 Å². The van der Waals surface area contributed by atoms with Gasteiger partial charge in [-0.3, -0.25) is 9.48 Å². The molecule has 7 heteroatoms. The molecule has 2 N–H and O–H groups in total. The van der Waals surface area contributed by atoms with E-state index in [9.17, 15) is 4.79 Å². The summed E-state index contributed by atoms with van der Waals surface area (Å²) >= 11 is 0. The molecule has 1 aliphatic heterocycles. The lowest BCUT2D eigenvalue weighted by Crippen LogP contribution is -2.53. The minimum atomic E-state index is -0.302. The van der Waals surface area contributed by atoms with Crippen LogP contribution in [0.5, 0.6) is 0 Å². The molecule has 17 heavy (non-hydrogen) atoms. The Kier molecular flexibility index (Phi) is 4.92. The standard InChI is InChI=1S/C10H16N4O2.ClH/c1-7-9(11-5-6-16-7)10(15)13-8-3-4-12-14(8)2;/h3-4,7,9,11H,5-6H2,1-2H3,(H,13,15);1H/t7-,9+;/m1./s1. The number of aromatic nitrogens is 2. The average Bonchev–Trinajstić information content (AvgIpc) is 2.65. The van der Waals surface area contributed by atoms with Crippen molar-refractivity contribution in [3.8, 4) is 0 Å². The summed E-state index contributed by atoms with van der Waals surface area (Å²) < 4.78 is 7.03. The van der Waals surface area contributed by atoms with Gasteiger partial charge in [0.25, 0.3) is 0 Å². The zero-order valence-electron chi connectivity index (χ0n) is 9.84. The van der Waals surface area contributed by atoms with Gasteiger partial charge in [0.05, 0.1) is 18.9 Å². The number of aryl methyl sites for hydroxylation is 1. The normalized spacial score (nSPS) is 23.9. The number of halogens is 1. The van der Waals surface area contributed by atoms with Crippen LogP contribution >= 0.6 is 12.4 Å². The van der Waals surface area contributed by atoms with Gasteiger partial charge in [-0.25, -0.2) is 0 Å². The number of nitrogens with one attached hydrogen (secondary N) is 2. The zero-order valence-corrected chi connectivity index (χ0v) is 10.7. The van der Waals surface area contributed by atoms with E-state index in [1.165, 1.54) is 0 Å². The molecule has 2 rings (SSSR count). The highest BCUT2D eigenvalue weighted by Crippen LogP contribution is 2.08. The molecule has 0 aliphatic carbocycles.